The summed E-state index contributed by atoms with van der Waals surface area (Å²) in [4.78, 5) is 3.89. The number of nitrogens with zero attached hydrogens (tertiary/aromatic N) is 3. The Morgan fingerprint density at radius 3 is 2.73 bits per heavy atom. The van der Waals surface area contributed by atoms with E-state index in [-0.39, 0.29) is 17.3 Å². The van der Waals surface area contributed by atoms with Crippen LogP contribution in [-0.2, 0) is 10.0 Å². The van der Waals surface area contributed by atoms with Gasteiger partial charge in [-0.1, -0.05) is 6.92 Å². The minimum atomic E-state index is -3.53. The van der Waals surface area contributed by atoms with Crippen molar-refractivity contribution in [3.8, 4) is 6.07 Å². The Morgan fingerprint density at radius 2 is 2.33 bits per heavy atom. The van der Waals surface area contributed by atoms with E-state index in [0.717, 1.165) is 15.6 Å². The molecule has 82 valence electrons. The molecule has 5 nitrogen and oxygen atoms in total. The smallest absolute Gasteiger partial charge is 0.249 e. The third kappa shape index (κ3) is 2.53. The van der Waals surface area contributed by atoms with E-state index in [4.69, 9.17) is 5.26 Å². The SMILES string of the molecule is CCN(CC#N)S(=O)(=O)c1cnc(C)s1. The van der Waals surface area contributed by atoms with Crippen molar-refractivity contribution in [3.05, 3.63) is 11.2 Å². The van der Waals surface area contributed by atoms with Crippen molar-refractivity contribution in [2.75, 3.05) is 13.1 Å². The Balaban J connectivity index is 3.07. The first-order valence-electron chi connectivity index (χ1n) is 4.32. The summed E-state index contributed by atoms with van der Waals surface area (Å²) < 4.78 is 25.1. The fraction of sp³-hybridized carbons (Fsp3) is 0.500. The van der Waals surface area contributed by atoms with Crippen LogP contribution < -0.4 is 0 Å². The predicted molar refractivity (Wildman–Crippen MR) is 56.9 cm³/mol. The Morgan fingerprint density at radius 1 is 1.67 bits per heavy atom. The van der Waals surface area contributed by atoms with Crippen LogP contribution in [0.1, 0.15) is 11.9 Å². The van der Waals surface area contributed by atoms with Crippen LogP contribution in [-0.4, -0.2) is 30.8 Å². The molecule has 0 spiro atoms. The first-order valence-corrected chi connectivity index (χ1v) is 6.57. The lowest BCUT2D eigenvalue weighted by Gasteiger charge is -2.14. The molecule has 0 N–H and O–H groups in total. The van der Waals surface area contributed by atoms with Crippen LogP contribution in [0.5, 0.6) is 0 Å². The Bertz CT molecular complexity index is 472. The maximum Gasteiger partial charge on any atom is 0.255 e. The minimum Gasteiger partial charge on any atom is -0.249 e. The molecule has 7 heteroatoms. The summed E-state index contributed by atoms with van der Waals surface area (Å²) in [5.74, 6) is 0. The highest BCUT2D eigenvalue weighted by molar-refractivity contribution is 7.91. The molecule has 0 aliphatic heterocycles. The van der Waals surface area contributed by atoms with Gasteiger partial charge in [-0.2, -0.15) is 9.57 Å². The molecule has 1 aromatic heterocycles. The maximum absolute atomic E-state index is 11.9. The highest BCUT2D eigenvalue weighted by Crippen LogP contribution is 2.21. The van der Waals surface area contributed by atoms with Crippen molar-refractivity contribution in [2.45, 2.75) is 18.1 Å². The lowest BCUT2D eigenvalue weighted by Crippen LogP contribution is -2.30. The molecular weight excluding hydrogens is 234 g/mol. The van der Waals surface area contributed by atoms with Crippen LogP contribution in [0.4, 0.5) is 0 Å². The highest BCUT2D eigenvalue weighted by Gasteiger charge is 2.24. The number of rotatable bonds is 4. The van der Waals surface area contributed by atoms with Gasteiger partial charge in [-0.15, -0.1) is 11.3 Å². The van der Waals surface area contributed by atoms with Crippen molar-refractivity contribution in [2.24, 2.45) is 0 Å². The van der Waals surface area contributed by atoms with E-state index in [1.165, 1.54) is 6.20 Å². The summed E-state index contributed by atoms with van der Waals surface area (Å²) in [7, 11) is -3.53. The molecule has 0 amide bonds. The lowest BCUT2D eigenvalue weighted by molar-refractivity contribution is 0.464. The summed E-state index contributed by atoms with van der Waals surface area (Å²) in [5.41, 5.74) is 0. The molecule has 1 heterocycles. The van der Waals surface area contributed by atoms with Crippen molar-refractivity contribution >= 4 is 21.4 Å². The summed E-state index contributed by atoms with van der Waals surface area (Å²) in [6.07, 6.45) is 1.33. The normalized spacial score (nSPS) is 11.6. The molecule has 0 atom stereocenters. The zero-order valence-electron chi connectivity index (χ0n) is 8.47. The first-order chi connectivity index (χ1) is 7.02. The molecule has 1 aromatic rings. The van der Waals surface area contributed by atoms with Crippen molar-refractivity contribution in [1.82, 2.24) is 9.29 Å². The molecular formula is C8H11N3O2S2. The fourth-order valence-electron chi connectivity index (χ4n) is 1.03. The van der Waals surface area contributed by atoms with E-state index in [9.17, 15) is 8.42 Å². The monoisotopic (exact) mass is 245 g/mol. The van der Waals surface area contributed by atoms with Crippen LogP contribution in [0.15, 0.2) is 10.4 Å². The molecule has 0 fully saturated rings. The van der Waals surface area contributed by atoms with Gasteiger partial charge in [0.25, 0.3) is 10.0 Å². The van der Waals surface area contributed by atoms with Crippen LogP contribution in [0.3, 0.4) is 0 Å². The molecule has 15 heavy (non-hydrogen) atoms. The van der Waals surface area contributed by atoms with Crippen LogP contribution in [0, 0.1) is 18.3 Å². The van der Waals surface area contributed by atoms with Crippen molar-refractivity contribution in [3.63, 3.8) is 0 Å². The number of nitriles is 1. The van der Waals surface area contributed by atoms with E-state index < -0.39 is 10.0 Å². The Kier molecular flexibility index (Phi) is 3.79. The van der Waals surface area contributed by atoms with Crippen LogP contribution >= 0.6 is 11.3 Å². The molecule has 1 rings (SSSR count). The Labute approximate surface area is 93.0 Å². The second-order valence-electron chi connectivity index (χ2n) is 2.79. The van der Waals surface area contributed by atoms with E-state index in [0.29, 0.717) is 5.01 Å². The molecule has 0 radical (unpaired) electrons. The van der Waals surface area contributed by atoms with E-state index in [1.54, 1.807) is 13.8 Å². The summed E-state index contributed by atoms with van der Waals surface area (Å²) in [6.45, 7) is 3.59. The number of aromatic nitrogens is 1. The van der Waals surface area contributed by atoms with Gasteiger partial charge in [0.05, 0.1) is 17.3 Å². The highest BCUT2D eigenvalue weighted by atomic mass is 32.2. The van der Waals surface area contributed by atoms with Gasteiger partial charge in [-0.3, -0.25) is 0 Å². The summed E-state index contributed by atoms with van der Waals surface area (Å²) in [6, 6.07) is 1.83. The topological polar surface area (TPSA) is 74.1 Å². The van der Waals surface area contributed by atoms with Gasteiger partial charge >= 0.3 is 0 Å². The van der Waals surface area contributed by atoms with Crippen molar-refractivity contribution in [1.29, 1.82) is 5.26 Å². The van der Waals surface area contributed by atoms with Crippen LogP contribution in [0.25, 0.3) is 0 Å². The third-order valence-corrected chi connectivity index (χ3v) is 5.06. The molecule has 0 unspecified atom stereocenters. The molecule has 0 saturated carbocycles. The third-order valence-electron chi connectivity index (χ3n) is 1.79. The molecule has 0 aliphatic carbocycles. The quantitative estimate of drug-likeness (QED) is 0.741. The summed E-state index contributed by atoms with van der Waals surface area (Å²) >= 11 is 1.11. The van der Waals surface area contributed by atoms with Gasteiger partial charge in [0.2, 0.25) is 0 Å². The van der Waals surface area contributed by atoms with E-state index in [1.807, 2.05) is 6.07 Å². The lowest BCUT2D eigenvalue weighted by atomic mass is 10.6. The van der Waals surface area contributed by atoms with Crippen molar-refractivity contribution < 1.29 is 8.42 Å². The van der Waals surface area contributed by atoms with E-state index >= 15 is 0 Å². The molecule has 0 bridgehead atoms. The second-order valence-corrected chi connectivity index (χ2v) is 6.19. The molecule has 0 aliphatic rings. The number of sulfonamides is 1. The van der Waals surface area contributed by atoms with Gasteiger partial charge in [-0.05, 0) is 6.92 Å². The standard InChI is InChI=1S/C8H11N3O2S2/c1-3-11(5-4-9)15(12,13)8-6-10-7(2)14-8/h6H,3,5H2,1-2H3. The van der Waals surface area contributed by atoms with Gasteiger partial charge in [0.1, 0.15) is 6.54 Å². The average Bonchev–Trinajstić information content (AvgIpc) is 2.61. The van der Waals surface area contributed by atoms with E-state index in [2.05, 4.69) is 4.98 Å². The van der Waals surface area contributed by atoms with Gasteiger partial charge in [0.15, 0.2) is 4.21 Å². The number of hydrogen-bond donors (Lipinski definition) is 0. The van der Waals surface area contributed by atoms with Gasteiger partial charge < -0.3 is 0 Å². The first kappa shape index (κ1) is 12.1. The second kappa shape index (κ2) is 4.70. The molecule has 0 aromatic carbocycles. The number of hydrogen-bond acceptors (Lipinski definition) is 5. The van der Waals surface area contributed by atoms with Crippen LogP contribution in [0.2, 0.25) is 0 Å². The maximum atomic E-state index is 11.9. The van der Waals surface area contributed by atoms with Gasteiger partial charge in [0, 0.05) is 6.54 Å². The zero-order valence-corrected chi connectivity index (χ0v) is 10.1. The largest absolute Gasteiger partial charge is 0.255 e. The fourth-order valence-corrected chi connectivity index (χ4v) is 3.64. The number of aryl methyl sites for hydroxylation is 1. The summed E-state index contributed by atoms with van der Waals surface area (Å²) in [5, 5.41) is 9.21. The average molecular weight is 245 g/mol. The Hall–Kier alpha value is -0.970. The number of thiazole rings is 1. The molecule has 0 saturated heterocycles. The predicted octanol–water partition coefficient (Wildman–Crippen LogP) is 0.986. The van der Waals surface area contributed by atoms with Gasteiger partial charge in [-0.25, -0.2) is 13.4 Å². The zero-order chi connectivity index (χ0) is 11.5. The minimum absolute atomic E-state index is 0.129.